The third kappa shape index (κ3) is 5.01. The quantitative estimate of drug-likeness (QED) is 0.730. The van der Waals surface area contributed by atoms with E-state index in [1.54, 1.807) is 7.11 Å². The van der Waals surface area contributed by atoms with E-state index in [1.165, 1.54) is 10.6 Å². The summed E-state index contributed by atoms with van der Waals surface area (Å²) in [5.41, 5.74) is 0. The van der Waals surface area contributed by atoms with Gasteiger partial charge in [-0.1, -0.05) is 0 Å². The highest BCUT2D eigenvalue weighted by atomic mass is 32.2. The molecular formula is C10H20N2O4S. The number of amides is 1. The summed E-state index contributed by atoms with van der Waals surface area (Å²) in [6.07, 6.45) is 2.91. The molecule has 0 unspecified atom stereocenters. The van der Waals surface area contributed by atoms with Gasteiger partial charge in [0, 0.05) is 32.7 Å². The summed E-state index contributed by atoms with van der Waals surface area (Å²) in [6, 6.07) is 0.0809. The normalized spacial score (nSPS) is 19.2. The Hall–Kier alpha value is -0.660. The Morgan fingerprint density at radius 1 is 1.41 bits per heavy atom. The Bertz CT molecular complexity index is 347. The number of sulfonamides is 1. The van der Waals surface area contributed by atoms with Gasteiger partial charge in [-0.05, 0) is 12.8 Å². The zero-order valence-corrected chi connectivity index (χ0v) is 11.1. The molecule has 1 fully saturated rings. The Balaban J connectivity index is 2.30. The van der Waals surface area contributed by atoms with Gasteiger partial charge in [-0.2, -0.15) is 0 Å². The lowest BCUT2D eigenvalue weighted by Gasteiger charge is -2.30. The first kappa shape index (κ1) is 14.4. The Morgan fingerprint density at radius 2 is 2.00 bits per heavy atom. The van der Waals surface area contributed by atoms with E-state index in [-0.39, 0.29) is 11.9 Å². The number of hydrogen-bond acceptors (Lipinski definition) is 4. The maximum absolute atomic E-state index is 11.4. The van der Waals surface area contributed by atoms with Crippen molar-refractivity contribution in [3.63, 3.8) is 0 Å². The van der Waals surface area contributed by atoms with Crippen molar-refractivity contribution in [1.82, 2.24) is 9.62 Å². The molecule has 0 saturated carbocycles. The van der Waals surface area contributed by atoms with Crippen LogP contribution in [0, 0.1) is 0 Å². The smallest absolute Gasteiger partial charge is 0.222 e. The molecule has 7 heteroatoms. The predicted octanol–water partition coefficient (Wildman–Crippen LogP) is -0.437. The second kappa shape index (κ2) is 6.32. The molecule has 1 rings (SSSR count). The van der Waals surface area contributed by atoms with Gasteiger partial charge in [0.15, 0.2) is 0 Å². The number of nitrogens with one attached hydrogen (secondary N) is 1. The van der Waals surface area contributed by atoms with Crippen molar-refractivity contribution in [2.45, 2.75) is 25.3 Å². The van der Waals surface area contributed by atoms with Crippen LogP contribution in [0.4, 0.5) is 0 Å². The zero-order chi connectivity index (χ0) is 12.9. The highest BCUT2D eigenvalue weighted by Gasteiger charge is 2.25. The average Bonchev–Trinajstić information content (AvgIpc) is 2.26. The molecule has 100 valence electrons. The molecule has 1 saturated heterocycles. The molecule has 0 aromatic rings. The van der Waals surface area contributed by atoms with Crippen molar-refractivity contribution in [3.05, 3.63) is 0 Å². The van der Waals surface area contributed by atoms with Gasteiger partial charge in [0.2, 0.25) is 15.9 Å². The van der Waals surface area contributed by atoms with Gasteiger partial charge in [-0.15, -0.1) is 0 Å². The largest absolute Gasteiger partial charge is 0.384 e. The third-order valence-corrected chi connectivity index (χ3v) is 4.12. The molecule has 1 amide bonds. The number of ether oxygens (including phenoxy) is 1. The first-order chi connectivity index (χ1) is 7.93. The summed E-state index contributed by atoms with van der Waals surface area (Å²) in [7, 11) is -1.54. The first-order valence-electron chi connectivity index (χ1n) is 5.67. The van der Waals surface area contributed by atoms with Gasteiger partial charge in [0.25, 0.3) is 0 Å². The van der Waals surface area contributed by atoms with Gasteiger partial charge >= 0.3 is 0 Å². The van der Waals surface area contributed by atoms with Crippen molar-refractivity contribution < 1.29 is 17.9 Å². The SMILES string of the molecule is COCCC(=O)NC1CCN(S(C)(=O)=O)CC1. The molecule has 6 nitrogen and oxygen atoms in total. The molecule has 1 aliphatic heterocycles. The highest BCUT2D eigenvalue weighted by molar-refractivity contribution is 7.88. The topological polar surface area (TPSA) is 75.7 Å². The fourth-order valence-electron chi connectivity index (χ4n) is 1.83. The van der Waals surface area contributed by atoms with Crippen LogP contribution in [0.5, 0.6) is 0 Å². The molecular weight excluding hydrogens is 244 g/mol. The molecule has 0 aromatic carbocycles. The maximum atomic E-state index is 11.4. The summed E-state index contributed by atoms with van der Waals surface area (Å²) in [4.78, 5) is 11.4. The third-order valence-electron chi connectivity index (χ3n) is 2.82. The molecule has 0 atom stereocenters. The first-order valence-corrected chi connectivity index (χ1v) is 7.51. The Labute approximate surface area is 102 Å². The zero-order valence-electron chi connectivity index (χ0n) is 10.3. The summed E-state index contributed by atoms with van der Waals surface area (Å²) in [5, 5.41) is 2.89. The number of methoxy groups -OCH3 is 1. The fraction of sp³-hybridized carbons (Fsp3) is 0.900. The predicted molar refractivity (Wildman–Crippen MR) is 64.1 cm³/mol. The van der Waals surface area contributed by atoms with Crippen LogP contribution in [0.1, 0.15) is 19.3 Å². The minimum Gasteiger partial charge on any atom is -0.384 e. The standard InChI is InChI=1S/C10H20N2O4S/c1-16-8-5-10(13)11-9-3-6-12(7-4-9)17(2,14)15/h9H,3-8H2,1-2H3,(H,11,13). The van der Waals surface area contributed by atoms with E-state index in [0.717, 1.165) is 0 Å². The lowest BCUT2D eigenvalue weighted by Crippen LogP contribution is -2.46. The van der Waals surface area contributed by atoms with Crippen LogP contribution in [0.3, 0.4) is 0 Å². The number of carbonyl (C=O) groups is 1. The molecule has 0 aliphatic carbocycles. The van der Waals surface area contributed by atoms with E-state index in [9.17, 15) is 13.2 Å². The van der Waals surface area contributed by atoms with Crippen LogP contribution in [-0.4, -0.2) is 57.7 Å². The van der Waals surface area contributed by atoms with Crippen molar-refractivity contribution in [3.8, 4) is 0 Å². The number of rotatable bonds is 5. The molecule has 1 N–H and O–H groups in total. The number of nitrogens with zero attached hydrogens (tertiary/aromatic N) is 1. The molecule has 1 aliphatic rings. The second-order valence-electron chi connectivity index (χ2n) is 4.25. The van der Waals surface area contributed by atoms with E-state index in [4.69, 9.17) is 4.74 Å². The monoisotopic (exact) mass is 264 g/mol. The van der Waals surface area contributed by atoms with Crippen LogP contribution in [0.25, 0.3) is 0 Å². The molecule has 0 radical (unpaired) electrons. The van der Waals surface area contributed by atoms with Crippen LogP contribution in [0.15, 0.2) is 0 Å². The van der Waals surface area contributed by atoms with Crippen molar-refractivity contribution in [1.29, 1.82) is 0 Å². The van der Waals surface area contributed by atoms with Crippen molar-refractivity contribution >= 4 is 15.9 Å². The van der Waals surface area contributed by atoms with Gasteiger partial charge in [-0.3, -0.25) is 4.79 Å². The fourth-order valence-corrected chi connectivity index (χ4v) is 2.70. The van der Waals surface area contributed by atoms with Crippen LogP contribution >= 0.6 is 0 Å². The second-order valence-corrected chi connectivity index (χ2v) is 6.23. The van der Waals surface area contributed by atoms with E-state index < -0.39 is 10.0 Å². The molecule has 0 bridgehead atoms. The molecule has 0 aromatic heterocycles. The summed E-state index contributed by atoms with van der Waals surface area (Å²) >= 11 is 0. The number of carbonyl (C=O) groups excluding carboxylic acids is 1. The summed E-state index contributed by atoms with van der Waals surface area (Å²) in [6.45, 7) is 1.37. The minimum absolute atomic E-state index is 0.0374. The van der Waals surface area contributed by atoms with E-state index in [1.807, 2.05) is 0 Å². The lowest BCUT2D eigenvalue weighted by molar-refractivity contribution is -0.122. The molecule has 1 heterocycles. The number of piperidine rings is 1. The van der Waals surface area contributed by atoms with Gasteiger partial charge in [0.05, 0.1) is 12.9 Å². The van der Waals surface area contributed by atoms with Crippen LogP contribution in [0.2, 0.25) is 0 Å². The summed E-state index contributed by atoms with van der Waals surface area (Å²) < 4.78 is 28.8. The van der Waals surface area contributed by atoms with Crippen molar-refractivity contribution in [2.24, 2.45) is 0 Å². The van der Waals surface area contributed by atoms with E-state index in [2.05, 4.69) is 5.32 Å². The van der Waals surface area contributed by atoms with E-state index >= 15 is 0 Å². The Morgan fingerprint density at radius 3 is 2.47 bits per heavy atom. The van der Waals surface area contributed by atoms with E-state index in [0.29, 0.717) is 39.0 Å². The molecule has 17 heavy (non-hydrogen) atoms. The maximum Gasteiger partial charge on any atom is 0.222 e. The van der Waals surface area contributed by atoms with Crippen molar-refractivity contribution in [2.75, 3.05) is 33.1 Å². The van der Waals surface area contributed by atoms with Gasteiger partial charge in [0.1, 0.15) is 0 Å². The lowest BCUT2D eigenvalue weighted by atomic mass is 10.1. The molecule has 0 spiro atoms. The average molecular weight is 264 g/mol. The van der Waals surface area contributed by atoms with Gasteiger partial charge in [-0.25, -0.2) is 12.7 Å². The Kier molecular flexibility index (Phi) is 5.35. The van der Waals surface area contributed by atoms with Crippen LogP contribution < -0.4 is 5.32 Å². The number of hydrogen-bond donors (Lipinski definition) is 1. The summed E-state index contributed by atoms with van der Waals surface area (Å²) in [5.74, 6) is -0.0374. The van der Waals surface area contributed by atoms with Crippen LogP contribution in [-0.2, 0) is 19.6 Å². The minimum atomic E-state index is -3.09. The highest BCUT2D eigenvalue weighted by Crippen LogP contribution is 2.13. The van der Waals surface area contributed by atoms with Gasteiger partial charge < -0.3 is 10.1 Å².